The number of piperidine rings is 1. The average molecular weight is 265 g/mol. The zero-order valence-electron chi connectivity index (χ0n) is 12.3. The van der Waals surface area contributed by atoms with E-state index in [-0.39, 0.29) is 5.54 Å². The van der Waals surface area contributed by atoms with Crippen molar-refractivity contribution in [3.05, 3.63) is 0 Å². The van der Waals surface area contributed by atoms with Gasteiger partial charge in [-0.3, -0.25) is 10.2 Å². The summed E-state index contributed by atoms with van der Waals surface area (Å²) in [5.74, 6) is 0.546. The Kier molecular flexibility index (Phi) is 5.20. The lowest BCUT2D eigenvalue weighted by atomic mass is 9.92. The Bertz CT molecular complexity index is 322. The lowest BCUT2D eigenvalue weighted by Crippen LogP contribution is -2.56. The van der Waals surface area contributed by atoms with Crippen molar-refractivity contribution >= 4 is 0 Å². The van der Waals surface area contributed by atoms with Gasteiger partial charge in [-0.2, -0.15) is 5.26 Å². The van der Waals surface area contributed by atoms with Crippen LogP contribution >= 0.6 is 0 Å². The summed E-state index contributed by atoms with van der Waals surface area (Å²) in [4.78, 5) is 2.42. The normalized spacial score (nSPS) is 27.7. The molecule has 1 aliphatic heterocycles. The van der Waals surface area contributed by atoms with Gasteiger partial charge in [0.1, 0.15) is 5.54 Å². The predicted octanol–water partition coefficient (Wildman–Crippen LogP) is 1.77. The number of hydrogen-bond donors (Lipinski definition) is 1. The monoisotopic (exact) mass is 265 g/mol. The Morgan fingerprint density at radius 3 is 2.74 bits per heavy atom. The summed E-state index contributed by atoms with van der Waals surface area (Å²) >= 11 is 0. The maximum absolute atomic E-state index is 9.65. The van der Waals surface area contributed by atoms with Crippen molar-refractivity contribution in [2.45, 2.75) is 51.2 Å². The van der Waals surface area contributed by atoms with Crippen LogP contribution in [0.4, 0.5) is 0 Å². The van der Waals surface area contributed by atoms with E-state index in [0.29, 0.717) is 12.0 Å². The molecule has 0 amide bonds. The van der Waals surface area contributed by atoms with Gasteiger partial charge in [0.25, 0.3) is 0 Å². The summed E-state index contributed by atoms with van der Waals surface area (Å²) in [6.45, 7) is 8.74. The molecule has 1 saturated carbocycles. The van der Waals surface area contributed by atoms with Crippen LogP contribution in [0, 0.1) is 17.2 Å². The number of nitrogens with one attached hydrogen (secondary N) is 1. The molecule has 1 saturated heterocycles. The molecule has 108 valence electrons. The Labute approximate surface area is 117 Å². The van der Waals surface area contributed by atoms with Crippen molar-refractivity contribution < 1.29 is 4.74 Å². The zero-order valence-corrected chi connectivity index (χ0v) is 12.3. The van der Waals surface area contributed by atoms with Gasteiger partial charge < -0.3 is 4.74 Å². The van der Waals surface area contributed by atoms with Crippen molar-refractivity contribution in [3.8, 4) is 6.07 Å². The van der Waals surface area contributed by atoms with Crippen LogP contribution in [-0.4, -0.2) is 49.3 Å². The second kappa shape index (κ2) is 6.69. The first kappa shape index (κ1) is 14.8. The molecule has 1 N–H and O–H groups in total. The molecule has 2 unspecified atom stereocenters. The quantitative estimate of drug-likeness (QED) is 0.762. The highest BCUT2D eigenvalue weighted by molar-refractivity contribution is 5.16. The summed E-state index contributed by atoms with van der Waals surface area (Å²) in [5.41, 5.74) is -0.331. The van der Waals surface area contributed by atoms with Gasteiger partial charge in [0, 0.05) is 19.7 Å². The summed E-state index contributed by atoms with van der Waals surface area (Å²) in [6, 6.07) is 2.58. The van der Waals surface area contributed by atoms with Gasteiger partial charge in [0.15, 0.2) is 0 Å². The average Bonchev–Trinajstić information content (AvgIpc) is 3.24. The van der Waals surface area contributed by atoms with Crippen LogP contribution in [0.1, 0.15) is 39.5 Å². The Balaban J connectivity index is 1.95. The van der Waals surface area contributed by atoms with Crippen molar-refractivity contribution in [2.75, 3.05) is 32.8 Å². The minimum Gasteiger partial charge on any atom is -0.377 e. The first-order valence-corrected chi connectivity index (χ1v) is 7.74. The van der Waals surface area contributed by atoms with Crippen molar-refractivity contribution in [2.24, 2.45) is 5.92 Å². The van der Waals surface area contributed by atoms with Crippen molar-refractivity contribution in [1.29, 1.82) is 5.26 Å². The van der Waals surface area contributed by atoms with Crippen LogP contribution in [0.25, 0.3) is 0 Å². The van der Waals surface area contributed by atoms with E-state index in [1.165, 1.54) is 19.3 Å². The molecule has 0 spiro atoms. The van der Waals surface area contributed by atoms with Crippen molar-refractivity contribution in [3.63, 3.8) is 0 Å². The number of rotatable bonds is 7. The van der Waals surface area contributed by atoms with E-state index in [4.69, 9.17) is 4.74 Å². The van der Waals surface area contributed by atoms with E-state index in [1.807, 2.05) is 0 Å². The van der Waals surface area contributed by atoms with E-state index in [9.17, 15) is 5.26 Å². The lowest BCUT2D eigenvalue weighted by molar-refractivity contribution is -0.000220. The lowest BCUT2D eigenvalue weighted by Gasteiger charge is -2.38. The molecule has 2 atom stereocenters. The molecule has 19 heavy (non-hydrogen) atoms. The van der Waals surface area contributed by atoms with Crippen LogP contribution in [-0.2, 0) is 4.74 Å². The zero-order chi connectivity index (χ0) is 13.7. The van der Waals surface area contributed by atoms with Gasteiger partial charge in [-0.1, -0.05) is 6.92 Å². The first-order chi connectivity index (χ1) is 9.24. The molecule has 0 aromatic rings. The van der Waals surface area contributed by atoms with Crippen LogP contribution in [0.2, 0.25) is 0 Å². The largest absolute Gasteiger partial charge is 0.377 e. The molecule has 4 nitrogen and oxygen atoms in total. The van der Waals surface area contributed by atoms with E-state index >= 15 is 0 Å². The van der Waals surface area contributed by atoms with E-state index < -0.39 is 0 Å². The Morgan fingerprint density at radius 2 is 2.16 bits per heavy atom. The van der Waals surface area contributed by atoms with Gasteiger partial charge in [-0.05, 0) is 51.6 Å². The van der Waals surface area contributed by atoms with E-state index in [1.54, 1.807) is 0 Å². The summed E-state index contributed by atoms with van der Waals surface area (Å²) < 4.78 is 5.75. The topological polar surface area (TPSA) is 48.3 Å². The molecular formula is C15H27N3O. The van der Waals surface area contributed by atoms with Crippen LogP contribution < -0.4 is 5.32 Å². The fraction of sp³-hybridized carbons (Fsp3) is 0.933. The molecule has 2 rings (SSSR count). The highest BCUT2D eigenvalue weighted by Gasteiger charge is 2.46. The second-order valence-corrected chi connectivity index (χ2v) is 5.84. The molecule has 4 heteroatoms. The number of nitrogens with zero attached hydrogens (tertiary/aromatic N) is 2. The van der Waals surface area contributed by atoms with Gasteiger partial charge in [-0.15, -0.1) is 0 Å². The van der Waals surface area contributed by atoms with Gasteiger partial charge in [-0.25, -0.2) is 0 Å². The minimum atomic E-state index is -0.331. The molecule has 2 aliphatic rings. The molecule has 0 bridgehead atoms. The molecule has 2 fully saturated rings. The van der Waals surface area contributed by atoms with Crippen LogP contribution in [0.5, 0.6) is 0 Å². The Hall–Kier alpha value is -0.630. The third kappa shape index (κ3) is 3.68. The maximum atomic E-state index is 9.65. The second-order valence-electron chi connectivity index (χ2n) is 5.84. The molecule has 1 heterocycles. The Morgan fingerprint density at radius 1 is 1.37 bits per heavy atom. The number of likely N-dealkylation sites (N-methyl/N-ethyl adjacent to an activating group) is 1. The number of nitriles is 1. The van der Waals surface area contributed by atoms with Gasteiger partial charge in [0.05, 0.1) is 12.2 Å². The minimum absolute atomic E-state index is 0.331. The number of hydrogen-bond acceptors (Lipinski definition) is 4. The highest BCUT2D eigenvalue weighted by atomic mass is 16.5. The first-order valence-electron chi connectivity index (χ1n) is 7.74. The maximum Gasteiger partial charge on any atom is 0.122 e. The predicted molar refractivity (Wildman–Crippen MR) is 75.8 cm³/mol. The standard InChI is InChI=1S/C15H27N3O/c1-3-17-15(11-16,13-7-8-13)12-18-9-5-6-14(10-18)19-4-2/h13-14,17H,3-10,12H2,1-2H3. The van der Waals surface area contributed by atoms with E-state index in [0.717, 1.165) is 39.2 Å². The fourth-order valence-electron chi connectivity index (χ4n) is 3.27. The van der Waals surface area contributed by atoms with Gasteiger partial charge >= 0.3 is 0 Å². The van der Waals surface area contributed by atoms with E-state index in [2.05, 4.69) is 30.1 Å². The number of likely N-dealkylation sites (tertiary alicyclic amines) is 1. The molecule has 0 aromatic heterocycles. The number of ether oxygens (including phenoxy) is 1. The van der Waals surface area contributed by atoms with Crippen molar-refractivity contribution in [1.82, 2.24) is 10.2 Å². The molecule has 0 aromatic carbocycles. The smallest absolute Gasteiger partial charge is 0.122 e. The third-order valence-corrected chi connectivity index (χ3v) is 4.30. The summed E-state index contributed by atoms with van der Waals surface area (Å²) in [6.07, 6.45) is 5.10. The molecule has 1 aliphatic carbocycles. The van der Waals surface area contributed by atoms with Crippen LogP contribution in [0.3, 0.4) is 0 Å². The SMILES string of the molecule is CCNC(C#N)(CN1CCCC(OCC)C1)C1CC1. The summed E-state index contributed by atoms with van der Waals surface area (Å²) in [5, 5.41) is 13.1. The fourth-order valence-corrected chi connectivity index (χ4v) is 3.27. The molecule has 0 radical (unpaired) electrons. The molecular weight excluding hydrogens is 238 g/mol. The highest BCUT2D eigenvalue weighted by Crippen LogP contribution is 2.40. The third-order valence-electron chi connectivity index (χ3n) is 4.30. The van der Waals surface area contributed by atoms with Crippen LogP contribution in [0.15, 0.2) is 0 Å². The summed E-state index contributed by atoms with van der Waals surface area (Å²) in [7, 11) is 0. The van der Waals surface area contributed by atoms with Gasteiger partial charge in [0.2, 0.25) is 0 Å².